The molecule has 0 unspecified atom stereocenters. The van der Waals surface area contributed by atoms with Crippen molar-refractivity contribution in [1.82, 2.24) is 0 Å². The van der Waals surface area contributed by atoms with Gasteiger partial charge in [-0.05, 0) is 18.2 Å². The van der Waals surface area contributed by atoms with Crippen molar-refractivity contribution in [1.29, 1.82) is 0 Å². The Morgan fingerprint density at radius 2 is 2.36 bits per heavy atom. The summed E-state index contributed by atoms with van der Waals surface area (Å²) in [5.74, 6) is 0.298. The highest BCUT2D eigenvalue weighted by Gasteiger charge is 2.01. The Bertz CT molecular complexity index is 319. The average molecular weight is 279 g/mol. The van der Waals surface area contributed by atoms with Gasteiger partial charge in [-0.3, -0.25) is 5.32 Å². The van der Waals surface area contributed by atoms with Crippen LogP contribution in [0, 0.1) is 0 Å². The van der Waals surface area contributed by atoms with Crippen molar-refractivity contribution in [2.45, 2.75) is 0 Å². The van der Waals surface area contributed by atoms with Crippen molar-refractivity contribution in [2.75, 3.05) is 17.8 Å². The second kappa shape index (κ2) is 5.88. The topological polar surface area (TPSA) is 38.3 Å². The summed E-state index contributed by atoms with van der Waals surface area (Å²) >= 11 is 8.65. The summed E-state index contributed by atoms with van der Waals surface area (Å²) in [6, 6.07) is 7.24. The van der Waals surface area contributed by atoms with Crippen molar-refractivity contribution < 1.29 is 9.53 Å². The predicted molar refractivity (Wildman–Crippen MR) is 59.8 cm³/mol. The van der Waals surface area contributed by atoms with Crippen LogP contribution < -0.4 is 5.32 Å². The van der Waals surface area contributed by atoms with Gasteiger partial charge in [-0.15, -0.1) is 11.6 Å². The third-order valence-electron chi connectivity index (χ3n) is 1.38. The Balaban J connectivity index is 2.47. The molecule has 1 amide bonds. The van der Waals surface area contributed by atoms with Crippen LogP contribution in [0.2, 0.25) is 0 Å². The number of anilines is 1. The molecule has 14 heavy (non-hydrogen) atoms. The Kier molecular flexibility index (Phi) is 4.76. The van der Waals surface area contributed by atoms with Gasteiger partial charge >= 0.3 is 6.09 Å². The van der Waals surface area contributed by atoms with E-state index in [1.807, 2.05) is 12.1 Å². The van der Waals surface area contributed by atoms with Crippen LogP contribution in [0.4, 0.5) is 10.5 Å². The number of hydrogen-bond acceptors (Lipinski definition) is 2. The molecule has 1 rings (SSSR count). The van der Waals surface area contributed by atoms with Gasteiger partial charge in [0.25, 0.3) is 0 Å². The van der Waals surface area contributed by atoms with Crippen molar-refractivity contribution in [3.63, 3.8) is 0 Å². The molecule has 0 heterocycles. The lowest BCUT2D eigenvalue weighted by atomic mass is 10.3. The minimum absolute atomic E-state index is 0.210. The molecule has 1 aromatic rings. The Hall–Kier alpha value is -0.740. The minimum atomic E-state index is -0.497. The second-order valence-corrected chi connectivity index (χ2v) is 3.75. The largest absolute Gasteiger partial charge is 0.448 e. The van der Waals surface area contributed by atoms with E-state index in [1.165, 1.54) is 0 Å². The van der Waals surface area contributed by atoms with Gasteiger partial charge in [-0.2, -0.15) is 0 Å². The van der Waals surface area contributed by atoms with Crippen LogP contribution in [0.3, 0.4) is 0 Å². The van der Waals surface area contributed by atoms with E-state index in [4.69, 9.17) is 16.3 Å². The maximum atomic E-state index is 11.1. The number of halogens is 2. The molecular formula is C9H9BrClNO2. The Morgan fingerprint density at radius 1 is 1.57 bits per heavy atom. The maximum absolute atomic E-state index is 11.1. The van der Waals surface area contributed by atoms with E-state index in [2.05, 4.69) is 21.2 Å². The van der Waals surface area contributed by atoms with Crippen LogP contribution in [0.25, 0.3) is 0 Å². The highest BCUT2D eigenvalue weighted by atomic mass is 79.9. The van der Waals surface area contributed by atoms with Crippen LogP contribution in [-0.4, -0.2) is 18.6 Å². The van der Waals surface area contributed by atoms with Crippen LogP contribution in [0.15, 0.2) is 28.7 Å². The van der Waals surface area contributed by atoms with E-state index >= 15 is 0 Å². The highest BCUT2D eigenvalue weighted by molar-refractivity contribution is 9.10. The Labute approximate surface area is 95.5 Å². The normalized spacial score (nSPS) is 9.57. The van der Waals surface area contributed by atoms with E-state index in [0.717, 1.165) is 4.47 Å². The fourth-order valence-corrected chi connectivity index (χ4v) is 1.33. The first kappa shape index (κ1) is 11.3. The van der Waals surface area contributed by atoms with Crippen molar-refractivity contribution in [2.24, 2.45) is 0 Å². The van der Waals surface area contributed by atoms with Crippen molar-refractivity contribution >= 4 is 39.3 Å². The molecule has 76 valence electrons. The number of carbonyl (C=O) groups excluding carboxylic acids is 1. The summed E-state index contributed by atoms with van der Waals surface area (Å²) < 4.78 is 5.63. The highest BCUT2D eigenvalue weighted by Crippen LogP contribution is 2.15. The number of rotatable bonds is 3. The zero-order chi connectivity index (χ0) is 10.4. The monoisotopic (exact) mass is 277 g/mol. The smallest absolute Gasteiger partial charge is 0.411 e. The lowest BCUT2D eigenvalue weighted by Gasteiger charge is -2.05. The molecular weight excluding hydrogens is 269 g/mol. The van der Waals surface area contributed by atoms with Gasteiger partial charge in [-0.1, -0.05) is 22.0 Å². The van der Waals surface area contributed by atoms with Crippen LogP contribution in [0.5, 0.6) is 0 Å². The molecule has 5 heteroatoms. The van der Waals surface area contributed by atoms with E-state index < -0.39 is 6.09 Å². The zero-order valence-corrected chi connectivity index (χ0v) is 9.64. The van der Waals surface area contributed by atoms with Gasteiger partial charge in [0.1, 0.15) is 6.61 Å². The molecule has 0 bridgehead atoms. The molecule has 0 aliphatic rings. The van der Waals surface area contributed by atoms with E-state index in [-0.39, 0.29) is 6.61 Å². The Morgan fingerprint density at radius 3 is 3.00 bits per heavy atom. The molecule has 1 aromatic carbocycles. The zero-order valence-electron chi connectivity index (χ0n) is 7.30. The summed E-state index contributed by atoms with van der Waals surface area (Å²) in [6.07, 6.45) is -0.497. The molecule has 0 aliphatic heterocycles. The van der Waals surface area contributed by atoms with Gasteiger partial charge < -0.3 is 4.74 Å². The van der Waals surface area contributed by atoms with Crippen molar-refractivity contribution in [3.8, 4) is 0 Å². The van der Waals surface area contributed by atoms with Crippen LogP contribution in [0.1, 0.15) is 0 Å². The number of benzene rings is 1. The first-order chi connectivity index (χ1) is 6.72. The lowest BCUT2D eigenvalue weighted by Crippen LogP contribution is -2.14. The number of ether oxygens (including phenoxy) is 1. The standard InChI is InChI=1S/C9H9BrClNO2/c10-7-2-1-3-8(6-7)12-9(13)14-5-4-11/h1-3,6H,4-5H2,(H,12,13). The third-order valence-corrected chi connectivity index (χ3v) is 2.03. The molecule has 0 atom stereocenters. The minimum Gasteiger partial charge on any atom is -0.448 e. The van der Waals surface area contributed by atoms with Crippen LogP contribution in [-0.2, 0) is 4.74 Å². The summed E-state index contributed by atoms with van der Waals surface area (Å²) in [5.41, 5.74) is 0.680. The molecule has 0 aromatic heterocycles. The van der Waals surface area contributed by atoms with E-state index in [0.29, 0.717) is 11.6 Å². The first-order valence-electron chi connectivity index (χ1n) is 3.97. The molecule has 0 fully saturated rings. The molecule has 0 saturated heterocycles. The van der Waals surface area contributed by atoms with E-state index in [9.17, 15) is 4.79 Å². The predicted octanol–water partition coefficient (Wildman–Crippen LogP) is 3.24. The fourth-order valence-electron chi connectivity index (χ4n) is 0.851. The quantitative estimate of drug-likeness (QED) is 0.862. The second-order valence-electron chi connectivity index (χ2n) is 2.46. The molecule has 0 radical (unpaired) electrons. The van der Waals surface area contributed by atoms with Gasteiger partial charge in [0.05, 0.1) is 5.88 Å². The molecule has 0 saturated carbocycles. The molecule has 1 N–H and O–H groups in total. The average Bonchev–Trinajstić information content (AvgIpc) is 2.15. The summed E-state index contributed by atoms with van der Waals surface area (Å²) in [5, 5.41) is 2.57. The number of hydrogen-bond donors (Lipinski definition) is 1. The number of carbonyl (C=O) groups is 1. The number of nitrogens with one attached hydrogen (secondary N) is 1. The lowest BCUT2D eigenvalue weighted by molar-refractivity contribution is 0.168. The van der Waals surface area contributed by atoms with Crippen molar-refractivity contribution in [3.05, 3.63) is 28.7 Å². The van der Waals surface area contributed by atoms with E-state index in [1.54, 1.807) is 12.1 Å². The third kappa shape index (κ3) is 3.98. The summed E-state index contributed by atoms with van der Waals surface area (Å²) in [4.78, 5) is 11.1. The summed E-state index contributed by atoms with van der Waals surface area (Å²) in [6.45, 7) is 0.210. The first-order valence-corrected chi connectivity index (χ1v) is 5.30. The fraction of sp³-hybridized carbons (Fsp3) is 0.222. The number of amides is 1. The van der Waals surface area contributed by atoms with Crippen LogP contribution >= 0.6 is 27.5 Å². The molecule has 0 aliphatic carbocycles. The molecule has 3 nitrogen and oxygen atoms in total. The SMILES string of the molecule is O=C(Nc1cccc(Br)c1)OCCCl. The number of alkyl halides is 1. The maximum Gasteiger partial charge on any atom is 0.411 e. The van der Waals surface area contributed by atoms with Gasteiger partial charge in [0.15, 0.2) is 0 Å². The van der Waals surface area contributed by atoms with Gasteiger partial charge in [0, 0.05) is 10.2 Å². The summed E-state index contributed by atoms with van der Waals surface area (Å²) in [7, 11) is 0. The van der Waals surface area contributed by atoms with Gasteiger partial charge in [-0.25, -0.2) is 4.79 Å². The van der Waals surface area contributed by atoms with Gasteiger partial charge in [0.2, 0.25) is 0 Å². The molecule has 0 spiro atoms.